The summed E-state index contributed by atoms with van der Waals surface area (Å²) in [4.78, 5) is 31.9. The van der Waals surface area contributed by atoms with E-state index in [2.05, 4.69) is 4.98 Å². The largest absolute Gasteiger partial charge is 0.465 e. The van der Waals surface area contributed by atoms with Crippen LogP contribution >= 0.6 is 11.3 Å². The molecule has 1 saturated heterocycles. The van der Waals surface area contributed by atoms with Gasteiger partial charge in [0.2, 0.25) is 5.91 Å². The fraction of sp³-hybridized carbons (Fsp3) is 0.667. The molecule has 128 valence electrons. The van der Waals surface area contributed by atoms with E-state index >= 15 is 0 Å². The van der Waals surface area contributed by atoms with Crippen molar-refractivity contribution >= 4 is 23.3 Å². The van der Waals surface area contributed by atoms with Gasteiger partial charge in [0.25, 0.3) is 0 Å². The van der Waals surface area contributed by atoms with Crippen LogP contribution in [-0.2, 0) is 16.0 Å². The van der Waals surface area contributed by atoms with Crippen LogP contribution < -0.4 is 0 Å². The van der Waals surface area contributed by atoms with Gasteiger partial charge in [-0.2, -0.15) is 0 Å². The Morgan fingerprint density at radius 1 is 1.43 bits per heavy atom. The molecule has 2 rings (SSSR count). The van der Waals surface area contributed by atoms with Crippen LogP contribution in [0.15, 0.2) is 10.9 Å². The first-order valence-corrected chi connectivity index (χ1v) is 8.51. The number of carboxylic acid groups (broad SMARTS) is 1. The molecule has 1 aliphatic rings. The Labute approximate surface area is 139 Å². The molecule has 0 unspecified atom stereocenters. The number of hydrogen-bond acceptors (Lipinski definition) is 5. The van der Waals surface area contributed by atoms with Gasteiger partial charge in [-0.25, -0.2) is 9.78 Å². The monoisotopic (exact) mass is 341 g/mol. The number of ether oxygens (including phenoxy) is 1. The highest BCUT2D eigenvalue weighted by atomic mass is 32.1. The molecule has 8 heteroatoms. The average molecular weight is 341 g/mol. The Bertz CT molecular complexity index is 535. The minimum Gasteiger partial charge on any atom is -0.465 e. The van der Waals surface area contributed by atoms with Crippen molar-refractivity contribution in [2.24, 2.45) is 0 Å². The predicted molar refractivity (Wildman–Crippen MR) is 86.6 cm³/mol. The first-order valence-electron chi connectivity index (χ1n) is 7.56. The van der Waals surface area contributed by atoms with Gasteiger partial charge in [0.05, 0.1) is 24.4 Å². The zero-order valence-corrected chi connectivity index (χ0v) is 14.5. The van der Waals surface area contributed by atoms with Crippen LogP contribution in [0, 0.1) is 0 Å². The summed E-state index contributed by atoms with van der Waals surface area (Å²) in [5, 5.41) is 11.5. The smallest absolute Gasteiger partial charge is 0.408 e. The van der Waals surface area contributed by atoms with Crippen molar-refractivity contribution < 1.29 is 19.4 Å². The molecular formula is C15H23N3O4S. The standard InChI is InChI=1S/C15H23N3O4S/c1-15(2,3)18(14(20)21)12(8-11-9-23-10-16-11)13(19)17-4-6-22-7-5-17/h9-10,12H,4-8H2,1-3H3,(H,20,21)/t12-/m0/s1. The van der Waals surface area contributed by atoms with Crippen molar-refractivity contribution in [3.63, 3.8) is 0 Å². The topological polar surface area (TPSA) is 83.0 Å². The lowest BCUT2D eigenvalue weighted by molar-refractivity contribution is -0.142. The molecule has 1 aliphatic heterocycles. The van der Waals surface area contributed by atoms with E-state index in [1.165, 1.54) is 16.2 Å². The summed E-state index contributed by atoms with van der Waals surface area (Å²) >= 11 is 1.43. The highest BCUT2D eigenvalue weighted by Gasteiger charge is 2.39. The van der Waals surface area contributed by atoms with Gasteiger partial charge in [-0.15, -0.1) is 11.3 Å². The fourth-order valence-corrected chi connectivity index (χ4v) is 3.28. The van der Waals surface area contributed by atoms with E-state index in [-0.39, 0.29) is 12.3 Å². The molecule has 1 aromatic heterocycles. The zero-order chi connectivity index (χ0) is 17.0. The van der Waals surface area contributed by atoms with Gasteiger partial charge in [-0.05, 0) is 20.8 Å². The second kappa shape index (κ2) is 7.27. The molecule has 1 N–H and O–H groups in total. The molecule has 0 radical (unpaired) electrons. The highest BCUT2D eigenvalue weighted by molar-refractivity contribution is 7.07. The van der Waals surface area contributed by atoms with E-state index in [9.17, 15) is 14.7 Å². The quantitative estimate of drug-likeness (QED) is 0.901. The number of amides is 2. The highest BCUT2D eigenvalue weighted by Crippen LogP contribution is 2.22. The first-order chi connectivity index (χ1) is 10.8. The van der Waals surface area contributed by atoms with Gasteiger partial charge >= 0.3 is 6.09 Å². The summed E-state index contributed by atoms with van der Waals surface area (Å²) in [6, 6.07) is -0.785. The molecule has 1 fully saturated rings. The molecule has 2 amide bonds. The number of morpholine rings is 1. The molecule has 7 nitrogen and oxygen atoms in total. The second-order valence-electron chi connectivity index (χ2n) is 6.46. The van der Waals surface area contributed by atoms with Gasteiger partial charge in [-0.1, -0.05) is 0 Å². The summed E-state index contributed by atoms with van der Waals surface area (Å²) in [7, 11) is 0. The van der Waals surface area contributed by atoms with Crippen molar-refractivity contribution in [2.75, 3.05) is 26.3 Å². The molecular weight excluding hydrogens is 318 g/mol. The lowest BCUT2D eigenvalue weighted by atomic mass is 9.99. The fourth-order valence-electron chi connectivity index (χ4n) is 2.71. The number of carbonyl (C=O) groups is 2. The number of hydrogen-bond donors (Lipinski definition) is 1. The molecule has 2 heterocycles. The van der Waals surface area contributed by atoms with Crippen molar-refractivity contribution in [1.82, 2.24) is 14.8 Å². The Morgan fingerprint density at radius 3 is 2.57 bits per heavy atom. The van der Waals surface area contributed by atoms with Crippen LogP contribution in [-0.4, -0.2) is 69.8 Å². The van der Waals surface area contributed by atoms with Gasteiger partial charge in [0.1, 0.15) is 6.04 Å². The first kappa shape index (κ1) is 17.7. The molecule has 1 atom stereocenters. The van der Waals surface area contributed by atoms with E-state index < -0.39 is 17.7 Å². The number of aromatic nitrogens is 1. The summed E-state index contributed by atoms with van der Waals surface area (Å²) in [5.74, 6) is -0.182. The Kier molecular flexibility index (Phi) is 5.59. The molecule has 0 aliphatic carbocycles. The number of rotatable bonds is 4. The Morgan fingerprint density at radius 2 is 2.09 bits per heavy atom. The lowest BCUT2D eigenvalue weighted by Gasteiger charge is -2.41. The molecule has 0 spiro atoms. The zero-order valence-electron chi connectivity index (χ0n) is 13.7. The molecule has 0 aromatic carbocycles. The molecule has 0 saturated carbocycles. The van der Waals surface area contributed by atoms with E-state index in [4.69, 9.17) is 4.74 Å². The van der Waals surface area contributed by atoms with E-state index in [1.807, 2.05) is 5.38 Å². The maximum Gasteiger partial charge on any atom is 0.408 e. The maximum absolute atomic E-state index is 13.0. The van der Waals surface area contributed by atoms with Crippen LogP contribution in [0.25, 0.3) is 0 Å². The minimum absolute atomic E-state index is 0.182. The van der Waals surface area contributed by atoms with E-state index in [1.54, 1.807) is 31.2 Å². The SMILES string of the molecule is CC(C)(C)N(C(=O)O)[C@@H](Cc1cscn1)C(=O)N1CCOCC1. The van der Waals surface area contributed by atoms with Crippen LogP contribution in [0.2, 0.25) is 0 Å². The van der Waals surface area contributed by atoms with Crippen molar-refractivity contribution in [1.29, 1.82) is 0 Å². The van der Waals surface area contributed by atoms with Crippen LogP contribution in [0.3, 0.4) is 0 Å². The van der Waals surface area contributed by atoms with Crippen molar-refractivity contribution in [3.05, 3.63) is 16.6 Å². The minimum atomic E-state index is -1.10. The average Bonchev–Trinajstić information content (AvgIpc) is 2.98. The third kappa shape index (κ3) is 4.42. The van der Waals surface area contributed by atoms with E-state index in [0.717, 1.165) is 5.69 Å². The lowest BCUT2D eigenvalue weighted by Crippen LogP contribution is -2.59. The molecule has 0 bridgehead atoms. The summed E-state index contributed by atoms with van der Waals surface area (Å²) < 4.78 is 5.28. The van der Waals surface area contributed by atoms with Crippen LogP contribution in [0.5, 0.6) is 0 Å². The van der Waals surface area contributed by atoms with Crippen LogP contribution in [0.1, 0.15) is 26.5 Å². The maximum atomic E-state index is 13.0. The van der Waals surface area contributed by atoms with E-state index in [0.29, 0.717) is 26.3 Å². The third-order valence-corrected chi connectivity index (χ3v) is 4.37. The summed E-state index contributed by atoms with van der Waals surface area (Å²) in [6.07, 6.45) is -0.817. The predicted octanol–water partition coefficient (Wildman–Crippen LogP) is 1.69. The molecule has 23 heavy (non-hydrogen) atoms. The Balaban J connectivity index is 2.29. The molecule has 1 aromatic rings. The number of carbonyl (C=O) groups excluding carboxylic acids is 1. The summed E-state index contributed by atoms with van der Waals surface area (Å²) in [6.45, 7) is 7.33. The van der Waals surface area contributed by atoms with Gasteiger partial charge in [0.15, 0.2) is 0 Å². The van der Waals surface area contributed by atoms with Crippen LogP contribution in [0.4, 0.5) is 4.79 Å². The van der Waals surface area contributed by atoms with Gasteiger partial charge in [-0.3, -0.25) is 9.69 Å². The van der Waals surface area contributed by atoms with Crippen molar-refractivity contribution in [2.45, 2.75) is 38.8 Å². The van der Waals surface area contributed by atoms with Crippen molar-refractivity contribution in [3.8, 4) is 0 Å². The second-order valence-corrected chi connectivity index (χ2v) is 7.18. The van der Waals surface area contributed by atoms with Gasteiger partial charge < -0.3 is 14.7 Å². The van der Waals surface area contributed by atoms with Gasteiger partial charge in [0, 0.05) is 30.4 Å². The normalized spacial score (nSPS) is 16.9. The number of thiazole rings is 1. The Hall–Kier alpha value is -1.67. The third-order valence-electron chi connectivity index (χ3n) is 3.73. The summed E-state index contributed by atoms with van der Waals surface area (Å²) in [5.41, 5.74) is 1.74. The number of nitrogens with zero attached hydrogens (tertiary/aromatic N) is 3.